The van der Waals surface area contributed by atoms with Crippen LogP contribution in [0, 0.1) is 0 Å². The molecular formula is C4H7O5P. The first-order valence-corrected chi connectivity index (χ1v) is 2.85. The van der Waals surface area contributed by atoms with E-state index in [9.17, 15) is 9.59 Å². The Morgan fingerprint density at radius 1 is 1.60 bits per heavy atom. The van der Waals surface area contributed by atoms with E-state index in [1.54, 1.807) is 9.47 Å². The Morgan fingerprint density at radius 3 is 2.40 bits per heavy atom. The van der Waals surface area contributed by atoms with Gasteiger partial charge in [-0.2, -0.15) is 0 Å². The van der Waals surface area contributed by atoms with E-state index < -0.39 is 24.5 Å². The van der Waals surface area contributed by atoms with Crippen molar-refractivity contribution in [1.29, 1.82) is 0 Å². The van der Waals surface area contributed by atoms with Gasteiger partial charge in [0.25, 0.3) is 0 Å². The molecule has 0 aliphatic rings. The summed E-state index contributed by atoms with van der Waals surface area (Å²) in [6.45, 7) is 0. The molecular weight excluding hydrogens is 159 g/mol. The second-order valence-corrected chi connectivity index (χ2v) is 1.78. The first-order chi connectivity index (χ1) is 4.57. The van der Waals surface area contributed by atoms with Crippen molar-refractivity contribution in [1.82, 2.24) is 0 Å². The second kappa shape index (κ2) is 4.19. The minimum absolute atomic E-state index is 0.529. The van der Waals surface area contributed by atoms with Gasteiger partial charge in [0.2, 0.25) is 0 Å². The number of carbonyl (C=O) groups excluding carboxylic acids is 1. The van der Waals surface area contributed by atoms with Crippen LogP contribution in [0.15, 0.2) is 0 Å². The summed E-state index contributed by atoms with van der Waals surface area (Å²) >= 11 is 0. The van der Waals surface area contributed by atoms with E-state index in [2.05, 4.69) is 4.52 Å². The van der Waals surface area contributed by atoms with Gasteiger partial charge in [0.1, 0.15) is 0 Å². The maximum absolute atomic E-state index is 10.3. The monoisotopic (exact) mass is 166 g/mol. The van der Waals surface area contributed by atoms with Crippen LogP contribution < -0.4 is 0 Å². The highest BCUT2D eigenvalue weighted by Crippen LogP contribution is 1.97. The number of aliphatic hydroxyl groups excluding tert-OH is 1. The fourth-order valence-electron chi connectivity index (χ4n) is 0.293. The molecule has 0 saturated carbocycles. The number of aliphatic carboxylic acids is 1. The van der Waals surface area contributed by atoms with Crippen LogP contribution in [-0.2, 0) is 14.1 Å². The van der Waals surface area contributed by atoms with Crippen LogP contribution in [0.4, 0.5) is 0 Å². The van der Waals surface area contributed by atoms with E-state index in [1.165, 1.54) is 0 Å². The first kappa shape index (κ1) is 9.33. The number of aliphatic hydroxyl groups is 1. The Labute approximate surface area is 59.3 Å². The highest BCUT2D eigenvalue weighted by atomic mass is 31.0. The fourth-order valence-corrected chi connectivity index (χ4v) is 0.390. The van der Waals surface area contributed by atoms with Gasteiger partial charge < -0.3 is 14.7 Å². The Bertz CT molecular complexity index is 145. The van der Waals surface area contributed by atoms with Crippen molar-refractivity contribution in [3.8, 4) is 0 Å². The lowest BCUT2D eigenvalue weighted by Crippen LogP contribution is -2.22. The summed E-state index contributed by atoms with van der Waals surface area (Å²) in [5, 5.41) is 16.6. The summed E-state index contributed by atoms with van der Waals surface area (Å²) in [5.74, 6) is -2.21. The van der Waals surface area contributed by atoms with Gasteiger partial charge in [0.05, 0.1) is 15.9 Å². The van der Waals surface area contributed by atoms with Crippen LogP contribution in [0.1, 0.15) is 6.42 Å². The van der Waals surface area contributed by atoms with Gasteiger partial charge in [0, 0.05) is 0 Å². The molecule has 5 nitrogen and oxygen atoms in total. The molecule has 0 aromatic rings. The van der Waals surface area contributed by atoms with E-state index in [0.717, 1.165) is 0 Å². The van der Waals surface area contributed by atoms with Crippen molar-refractivity contribution in [2.24, 2.45) is 0 Å². The second-order valence-electron chi connectivity index (χ2n) is 1.55. The number of hydrogen-bond acceptors (Lipinski definition) is 4. The number of hydrogen-bond donors (Lipinski definition) is 2. The molecule has 1 unspecified atom stereocenters. The third-order valence-electron chi connectivity index (χ3n) is 0.777. The van der Waals surface area contributed by atoms with Crippen LogP contribution in [0.5, 0.6) is 0 Å². The first-order valence-electron chi connectivity index (χ1n) is 2.38. The van der Waals surface area contributed by atoms with Crippen molar-refractivity contribution in [2.75, 3.05) is 0 Å². The molecule has 58 valence electrons. The predicted molar refractivity (Wildman–Crippen MR) is 34.1 cm³/mol. The Balaban J connectivity index is 3.68. The third-order valence-corrected chi connectivity index (χ3v) is 1.04. The minimum atomic E-state index is -1.67. The number of rotatable bonds is 3. The average Bonchev–Trinajstić information content (AvgIpc) is 1.87. The highest BCUT2D eigenvalue weighted by molar-refractivity contribution is 7.10. The van der Waals surface area contributed by atoms with Crippen LogP contribution >= 0.6 is 9.47 Å². The summed E-state index contributed by atoms with van der Waals surface area (Å²) in [6.07, 6.45) is -2.20. The molecule has 0 aliphatic carbocycles. The Hall–Kier alpha value is -0.670. The van der Waals surface area contributed by atoms with Crippen LogP contribution in [0.2, 0.25) is 0 Å². The van der Waals surface area contributed by atoms with Gasteiger partial charge in [-0.15, -0.1) is 0 Å². The lowest BCUT2D eigenvalue weighted by atomic mass is 10.3. The van der Waals surface area contributed by atoms with Crippen LogP contribution in [0.25, 0.3) is 0 Å². The molecule has 0 saturated heterocycles. The zero-order valence-electron chi connectivity index (χ0n) is 4.98. The normalized spacial score (nSPS) is 12.2. The van der Waals surface area contributed by atoms with Gasteiger partial charge in [0.15, 0.2) is 6.10 Å². The zero-order valence-corrected chi connectivity index (χ0v) is 6.14. The van der Waals surface area contributed by atoms with E-state index in [4.69, 9.17) is 10.2 Å². The van der Waals surface area contributed by atoms with Gasteiger partial charge in [-0.25, -0.2) is 4.79 Å². The summed E-state index contributed by atoms with van der Waals surface area (Å²) in [4.78, 5) is 20.1. The Kier molecular flexibility index (Phi) is 3.91. The van der Waals surface area contributed by atoms with Gasteiger partial charge in [-0.05, 0) is 0 Å². The molecule has 0 rings (SSSR count). The summed E-state index contributed by atoms with van der Waals surface area (Å²) in [5.41, 5.74) is 0. The van der Waals surface area contributed by atoms with Crippen molar-refractivity contribution < 1.29 is 24.3 Å². The molecule has 2 N–H and O–H groups in total. The number of carboxylic acids is 1. The van der Waals surface area contributed by atoms with Crippen LogP contribution in [0.3, 0.4) is 0 Å². The fraction of sp³-hybridized carbons (Fsp3) is 0.500. The van der Waals surface area contributed by atoms with Crippen molar-refractivity contribution in [2.45, 2.75) is 12.5 Å². The minimum Gasteiger partial charge on any atom is -0.479 e. The molecule has 0 amide bonds. The molecule has 0 spiro atoms. The van der Waals surface area contributed by atoms with E-state index in [0.29, 0.717) is 0 Å². The summed E-state index contributed by atoms with van der Waals surface area (Å²) in [6, 6.07) is 0. The maximum atomic E-state index is 10.3. The molecule has 2 atom stereocenters. The van der Waals surface area contributed by atoms with Crippen LogP contribution in [-0.4, -0.2) is 28.3 Å². The molecule has 0 fully saturated rings. The smallest absolute Gasteiger partial charge is 0.333 e. The zero-order chi connectivity index (χ0) is 8.15. The van der Waals surface area contributed by atoms with E-state index in [1.807, 2.05) is 0 Å². The number of carboxylic acid groups (broad SMARTS) is 1. The largest absolute Gasteiger partial charge is 0.479 e. The van der Waals surface area contributed by atoms with E-state index in [-0.39, 0.29) is 0 Å². The predicted octanol–water partition coefficient (Wildman–Crippen LogP) is -0.845. The molecule has 0 radical (unpaired) electrons. The molecule has 6 heteroatoms. The molecule has 0 bridgehead atoms. The molecule has 0 aromatic heterocycles. The van der Waals surface area contributed by atoms with Gasteiger partial charge in [-0.1, -0.05) is 0 Å². The van der Waals surface area contributed by atoms with Crippen molar-refractivity contribution in [3.05, 3.63) is 0 Å². The SMILES string of the molecule is O=C(C[C@H](O)C(=O)O)OP. The number of carbonyl (C=O) groups is 2. The molecule has 10 heavy (non-hydrogen) atoms. The average molecular weight is 166 g/mol. The molecule has 0 aromatic carbocycles. The quantitative estimate of drug-likeness (QED) is 0.534. The standard InChI is InChI=1S/C4H7O5P/c5-2(4(7)8)1-3(6)9-10/h2,5H,1,10H2,(H,7,8)/t2-/m0/s1. The summed E-state index contributed by atoms with van der Waals surface area (Å²) in [7, 11) is 1.66. The highest BCUT2D eigenvalue weighted by Gasteiger charge is 2.17. The topological polar surface area (TPSA) is 83.8 Å². The lowest BCUT2D eigenvalue weighted by Gasteiger charge is -2.01. The van der Waals surface area contributed by atoms with Gasteiger partial charge in [-0.3, -0.25) is 4.79 Å². The Morgan fingerprint density at radius 2 is 2.10 bits per heavy atom. The van der Waals surface area contributed by atoms with Crippen molar-refractivity contribution >= 4 is 21.4 Å². The maximum Gasteiger partial charge on any atom is 0.333 e. The van der Waals surface area contributed by atoms with E-state index >= 15 is 0 Å². The summed E-state index contributed by atoms with van der Waals surface area (Å²) < 4.78 is 4.03. The van der Waals surface area contributed by atoms with Gasteiger partial charge >= 0.3 is 11.9 Å². The lowest BCUT2D eigenvalue weighted by molar-refractivity contribution is -0.151. The molecule has 0 heterocycles. The van der Waals surface area contributed by atoms with Crippen molar-refractivity contribution in [3.63, 3.8) is 0 Å². The molecule has 0 aliphatic heterocycles. The third kappa shape index (κ3) is 3.37.